The third kappa shape index (κ3) is 3.98. The maximum Gasteiger partial charge on any atom is 0.408 e. The lowest BCUT2D eigenvalue weighted by atomic mass is 9.76. The van der Waals surface area contributed by atoms with E-state index < -0.39 is 23.3 Å². The van der Waals surface area contributed by atoms with Crippen LogP contribution < -0.4 is 0 Å². The molecule has 3 rings (SSSR count). The molecule has 0 radical (unpaired) electrons. The molecule has 29 heavy (non-hydrogen) atoms. The molecule has 2 heterocycles. The van der Waals surface area contributed by atoms with Crippen LogP contribution in [0.15, 0.2) is 79.4 Å². The molecule has 2 N–H and O–H groups in total. The van der Waals surface area contributed by atoms with Crippen molar-refractivity contribution in [2.45, 2.75) is 38.0 Å². The summed E-state index contributed by atoms with van der Waals surface area (Å²) in [5.41, 5.74) is -0.866. The van der Waals surface area contributed by atoms with Crippen molar-refractivity contribution in [1.82, 2.24) is 14.9 Å². The van der Waals surface area contributed by atoms with E-state index in [0.717, 1.165) is 0 Å². The Kier molecular flexibility index (Phi) is 5.66. The molecule has 1 amide bonds. The van der Waals surface area contributed by atoms with Gasteiger partial charge in [0.25, 0.3) is 0 Å². The smallest absolute Gasteiger partial charge is 0.408 e. The molecule has 2 aromatic heterocycles. The highest BCUT2D eigenvalue weighted by molar-refractivity contribution is 5.68. The van der Waals surface area contributed by atoms with Gasteiger partial charge in [-0.15, -0.1) is 0 Å². The van der Waals surface area contributed by atoms with Gasteiger partial charge in [0.2, 0.25) is 0 Å². The van der Waals surface area contributed by atoms with Crippen molar-refractivity contribution in [3.63, 3.8) is 0 Å². The minimum absolute atomic E-state index is 0.484. The molecule has 0 bridgehead atoms. The van der Waals surface area contributed by atoms with Gasteiger partial charge in [0.05, 0.1) is 6.04 Å². The Labute approximate surface area is 170 Å². The number of rotatable bonds is 5. The Morgan fingerprint density at radius 3 is 1.79 bits per heavy atom. The zero-order chi connectivity index (χ0) is 21.1. The average Bonchev–Trinajstić information content (AvgIpc) is 2.72. The van der Waals surface area contributed by atoms with E-state index in [4.69, 9.17) is 0 Å². The number of nitrogens with zero attached hydrogens (tertiary/aromatic N) is 3. The number of benzene rings is 1. The summed E-state index contributed by atoms with van der Waals surface area (Å²) in [6.45, 7) is 5.43. The highest BCUT2D eigenvalue weighted by Gasteiger charge is 2.49. The van der Waals surface area contributed by atoms with Crippen LogP contribution in [0.25, 0.3) is 0 Å². The largest absolute Gasteiger partial charge is 0.465 e. The summed E-state index contributed by atoms with van der Waals surface area (Å²) < 4.78 is 0. The normalized spacial score (nSPS) is 13.0. The van der Waals surface area contributed by atoms with Gasteiger partial charge in [-0.3, -0.25) is 14.9 Å². The summed E-state index contributed by atoms with van der Waals surface area (Å²) in [6, 6.07) is 15.2. The Morgan fingerprint density at radius 1 is 0.897 bits per heavy atom. The number of hydrogen-bond donors (Lipinski definition) is 2. The maximum atomic E-state index is 12.5. The van der Waals surface area contributed by atoms with E-state index in [0.29, 0.717) is 16.7 Å². The van der Waals surface area contributed by atoms with Crippen LogP contribution in [-0.2, 0) is 5.60 Å². The zero-order valence-corrected chi connectivity index (χ0v) is 16.7. The van der Waals surface area contributed by atoms with Gasteiger partial charge < -0.3 is 10.2 Å². The molecule has 1 atom stereocenters. The summed E-state index contributed by atoms with van der Waals surface area (Å²) in [5, 5.41) is 22.4. The Hall–Kier alpha value is -3.25. The van der Waals surface area contributed by atoms with Crippen LogP contribution >= 0.6 is 0 Å². The molecule has 6 nitrogen and oxygen atoms in total. The summed E-state index contributed by atoms with van der Waals surface area (Å²) in [7, 11) is 0. The Bertz CT molecular complexity index is 902. The van der Waals surface area contributed by atoms with Crippen molar-refractivity contribution in [2.24, 2.45) is 0 Å². The molecule has 150 valence electrons. The van der Waals surface area contributed by atoms with E-state index in [1.807, 2.05) is 51.1 Å². The average molecular weight is 391 g/mol. The van der Waals surface area contributed by atoms with Gasteiger partial charge in [-0.2, -0.15) is 0 Å². The van der Waals surface area contributed by atoms with E-state index in [-0.39, 0.29) is 0 Å². The number of carboxylic acid groups (broad SMARTS) is 1. The van der Waals surface area contributed by atoms with Crippen molar-refractivity contribution in [3.8, 4) is 0 Å². The molecule has 0 aliphatic carbocycles. The van der Waals surface area contributed by atoms with Crippen LogP contribution in [0.2, 0.25) is 0 Å². The standard InChI is InChI=1S/C23H25N3O3/c1-22(2,3)26(21(27)28)20(17-9-5-4-6-10-17)23(29,18-11-7-13-24-15-18)19-12-8-14-25-16-19/h4-16,20,29H,1-3H3,(H,27,28)/t20-/m0/s1. The van der Waals surface area contributed by atoms with Gasteiger partial charge >= 0.3 is 6.09 Å². The predicted molar refractivity (Wildman–Crippen MR) is 110 cm³/mol. The van der Waals surface area contributed by atoms with Crippen molar-refractivity contribution < 1.29 is 15.0 Å². The molecule has 3 aromatic rings. The molecular formula is C23H25N3O3. The quantitative estimate of drug-likeness (QED) is 0.680. The molecule has 0 aliphatic rings. The fourth-order valence-electron chi connectivity index (χ4n) is 3.66. The van der Waals surface area contributed by atoms with Crippen LogP contribution in [-0.4, -0.2) is 36.7 Å². The number of pyridine rings is 2. The molecule has 0 saturated carbocycles. The van der Waals surface area contributed by atoms with Gasteiger partial charge in [-0.25, -0.2) is 4.79 Å². The lowest BCUT2D eigenvalue weighted by molar-refractivity contribution is -0.0459. The highest BCUT2D eigenvalue weighted by atomic mass is 16.4. The second-order valence-corrected chi connectivity index (χ2v) is 7.89. The molecular weight excluding hydrogens is 366 g/mol. The van der Waals surface area contributed by atoms with E-state index in [1.165, 1.54) is 4.90 Å². The second kappa shape index (κ2) is 8.01. The van der Waals surface area contributed by atoms with Crippen LogP contribution in [0.5, 0.6) is 0 Å². The monoisotopic (exact) mass is 391 g/mol. The second-order valence-electron chi connectivity index (χ2n) is 7.89. The van der Waals surface area contributed by atoms with Crippen LogP contribution in [0.1, 0.15) is 43.5 Å². The van der Waals surface area contributed by atoms with Gasteiger partial charge in [0.15, 0.2) is 0 Å². The Balaban J connectivity index is 2.37. The third-order valence-electron chi connectivity index (χ3n) is 4.90. The van der Waals surface area contributed by atoms with Crippen LogP contribution in [0, 0.1) is 0 Å². The van der Waals surface area contributed by atoms with E-state index in [9.17, 15) is 15.0 Å². The first kappa shape index (κ1) is 20.5. The van der Waals surface area contributed by atoms with E-state index in [2.05, 4.69) is 9.97 Å². The summed E-state index contributed by atoms with van der Waals surface area (Å²) in [6.07, 6.45) is 5.22. The predicted octanol–water partition coefficient (Wildman–Crippen LogP) is 4.23. The first-order valence-corrected chi connectivity index (χ1v) is 9.37. The summed E-state index contributed by atoms with van der Waals surface area (Å²) in [4.78, 5) is 22.1. The third-order valence-corrected chi connectivity index (χ3v) is 4.90. The van der Waals surface area contributed by atoms with Crippen LogP contribution in [0.4, 0.5) is 4.79 Å². The molecule has 0 spiro atoms. The van der Waals surface area contributed by atoms with Gasteiger partial charge in [0.1, 0.15) is 5.60 Å². The van der Waals surface area contributed by atoms with Gasteiger partial charge in [-0.05, 0) is 38.5 Å². The number of carbonyl (C=O) groups is 1. The summed E-state index contributed by atoms with van der Waals surface area (Å²) >= 11 is 0. The number of hydrogen-bond acceptors (Lipinski definition) is 4. The van der Waals surface area contributed by atoms with Crippen molar-refractivity contribution in [3.05, 3.63) is 96.1 Å². The topological polar surface area (TPSA) is 86.6 Å². The highest BCUT2D eigenvalue weighted by Crippen LogP contribution is 2.46. The maximum absolute atomic E-state index is 12.5. The lowest BCUT2D eigenvalue weighted by Crippen LogP contribution is -2.54. The minimum Gasteiger partial charge on any atom is -0.465 e. The van der Waals surface area contributed by atoms with Crippen molar-refractivity contribution >= 4 is 6.09 Å². The Morgan fingerprint density at radius 2 is 1.41 bits per heavy atom. The zero-order valence-electron chi connectivity index (χ0n) is 16.7. The van der Waals surface area contributed by atoms with Gasteiger partial charge in [-0.1, -0.05) is 42.5 Å². The number of aromatic nitrogens is 2. The fraction of sp³-hybridized carbons (Fsp3) is 0.261. The molecule has 0 aliphatic heterocycles. The first-order valence-electron chi connectivity index (χ1n) is 9.37. The van der Waals surface area contributed by atoms with Crippen molar-refractivity contribution in [1.29, 1.82) is 0 Å². The fourth-order valence-corrected chi connectivity index (χ4v) is 3.66. The van der Waals surface area contributed by atoms with Crippen molar-refractivity contribution in [2.75, 3.05) is 0 Å². The molecule has 0 unspecified atom stereocenters. The number of amides is 1. The molecule has 6 heteroatoms. The first-order chi connectivity index (χ1) is 13.8. The molecule has 0 fully saturated rings. The van der Waals surface area contributed by atoms with E-state index >= 15 is 0 Å². The molecule has 1 aromatic carbocycles. The van der Waals surface area contributed by atoms with E-state index in [1.54, 1.807) is 49.1 Å². The SMILES string of the molecule is CC(C)(C)N(C(=O)O)[C@@H](c1ccccc1)C(O)(c1cccnc1)c1cccnc1. The minimum atomic E-state index is -1.71. The van der Waals surface area contributed by atoms with Gasteiger partial charge in [0, 0.05) is 41.5 Å². The molecule has 0 saturated heterocycles. The summed E-state index contributed by atoms with van der Waals surface area (Å²) in [5.74, 6) is 0. The lowest BCUT2D eigenvalue weighted by Gasteiger charge is -2.47. The van der Waals surface area contributed by atoms with Crippen LogP contribution in [0.3, 0.4) is 0 Å². The number of aliphatic hydroxyl groups is 1.